The molecule has 0 atom stereocenters. The molecule has 0 N–H and O–H groups in total. The van der Waals surface area contributed by atoms with Gasteiger partial charge in [-0.05, 0) is 59.8 Å². The Kier molecular flexibility index (Phi) is 8.65. The zero-order valence-electron chi connectivity index (χ0n) is 20.6. The zero-order chi connectivity index (χ0) is 27.1. The lowest BCUT2D eigenvalue weighted by Crippen LogP contribution is -2.27. The maximum absolute atomic E-state index is 14.0. The van der Waals surface area contributed by atoms with Crippen LogP contribution in [0.5, 0.6) is 23.0 Å². The molecule has 0 bridgehead atoms. The average molecular weight is 538 g/mol. The smallest absolute Gasteiger partial charge is 0.293 e. The molecule has 1 fully saturated rings. The van der Waals surface area contributed by atoms with E-state index in [9.17, 15) is 18.8 Å². The summed E-state index contributed by atoms with van der Waals surface area (Å²) in [6, 6.07) is 16.0. The first-order chi connectivity index (χ1) is 18.4. The third-order valence-electron chi connectivity index (χ3n) is 5.57. The van der Waals surface area contributed by atoms with Crippen molar-refractivity contribution in [2.45, 2.75) is 6.54 Å². The largest absolute Gasteiger partial charge is 0.493 e. The molecule has 8 nitrogen and oxygen atoms in total. The molecule has 4 rings (SSSR count). The number of aldehydes is 1. The van der Waals surface area contributed by atoms with Crippen LogP contribution in [0, 0.1) is 5.82 Å². The van der Waals surface area contributed by atoms with Crippen LogP contribution in [0.1, 0.15) is 21.5 Å². The fourth-order valence-corrected chi connectivity index (χ4v) is 4.50. The van der Waals surface area contributed by atoms with Gasteiger partial charge in [0.1, 0.15) is 25.3 Å². The van der Waals surface area contributed by atoms with Gasteiger partial charge in [-0.1, -0.05) is 24.3 Å². The molecule has 3 aromatic carbocycles. The second kappa shape index (κ2) is 12.3. The Morgan fingerprint density at radius 2 is 1.45 bits per heavy atom. The summed E-state index contributed by atoms with van der Waals surface area (Å²) < 4.78 is 36.2. The van der Waals surface area contributed by atoms with E-state index in [-0.39, 0.29) is 30.2 Å². The molecule has 0 radical (unpaired) electrons. The summed E-state index contributed by atoms with van der Waals surface area (Å²) in [6.45, 7) is 0.264. The number of halogens is 1. The highest BCUT2D eigenvalue weighted by molar-refractivity contribution is 8.18. The van der Waals surface area contributed by atoms with Crippen molar-refractivity contribution in [2.24, 2.45) is 0 Å². The molecular weight excluding hydrogens is 513 g/mol. The highest BCUT2D eigenvalue weighted by Gasteiger charge is 2.35. The normalized spacial score (nSPS) is 14.1. The molecule has 0 spiro atoms. The van der Waals surface area contributed by atoms with Crippen LogP contribution in [0.2, 0.25) is 0 Å². The Hall–Kier alpha value is -4.31. The number of hydrogen-bond acceptors (Lipinski definition) is 8. The van der Waals surface area contributed by atoms with Gasteiger partial charge in [-0.2, -0.15) is 0 Å². The Balaban J connectivity index is 1.39. The molecule has 2 amide bonds. The number of nitrogens with zero attached hydrogens (tertiary/aromatic N) is 1. The number of hydrogen-bond donors (Lipinski definition) is 0. The number of ether oxygens (including phenoxy) is 4. The first-order valence-corrected chi connectivity index (χ1v) is 12.3. The van der Waals surface area contributed by atoms with Gasteiger partial charge >= 0.3 is 0 Å². The van der Waals surface area contributed by atoms with Crippen LogP contribution in [0.15, 0.2) is 65.6 Å². The second-order valence-electron chi connectivity index (χ2n) is 7.99. The number of methoxy groups -OCH3 is 2. The summed E-state index contributed by atoms with van der Waals surface area (Å²) in [5.74, 6) is 0.844. The van der Waals surface area contributed by atoms with E-state index < -0.39 is 17.0 Å². The molecule has 38 heavy (non-hydrogen) atoms. The van der Waals surface area contributed by atoms with E-state index in [1.165, 1.54) is 26.4 Å². The number of benzene rings is 3. The van der Waals surface area contributed by atoms with Crippen LogP contribution in [0.3, 0.4) is 0 Å². The highest BCUT2D eigenvalue weighted by atomic mass is 32.2. The highest BCUT2D eigenvalue weighted by Crippen LogP contribution is 2.35. The van der Waals surface area contributed by atoms with Gasteiger partial charge in [0.15, 0.2) is 23.0 Å². The van der Waals surface area contributed by atoms with Gasteiger partial charge in [-0.3, -0.25) is 19.3 Å². The first kappa shape index (κ1) is 26.7. The van der Waals surface area contributed by atoms with Gasteiger partial charge in [0.25, 0.3) is 11.1 Å². The van der Waals surface area contributed by atoms with Crippen LogP contribution in [-0.2, 0) is 11.3 Å². The Morgan fingerprint density at radius 1 is 0.842 bits per heavy atom. The molecular formula is C28H24FNO7S. The van der Waals surface area contributed by atoms with Gasteiger partial charge in [-0.25, -0.2) is 4.39 Å². The molecule has 0 aromatic heterocycles. The summed E-state index contributed by atoms with van der Waals surface area (Å²) in [5.41, 5.74) is 1.37. The fourth-order valence-electron chi connectivity index (χ4n) is 3.66. The minimum absolute atomic E-state index is 0.139. The van der Waals surface area contributed by atoms with E-state index >= 15 is 0 Å². The van der Waals surface area contributed by atoms with Crippen LogP contribution < -0.4 is 18.9 Å². The monoisotopic (exact) mass is 537 g/mol. The molecule has 1 heterocycles. The molecule has 0 saturated carbocycles. The lowest BCUT2D eigenvalue weighted by Gasteiger charge is -2.14. The SMILES string of the molecule is COc1cc(C=O)ccc1OCCOc1ccc(/C=C2\SC(=O)N(Cc3ccccc3F)C2=O)cc1OC. The first-order valence-electron chi connectivity index (χ1n) is 11.5. The second-order valence-corrected chi connectivity index (χ2v) is 8.99. The number of carbonyl (C=O) groups excluding carboxylic acids is 3. The summed E-state index contributed by atoms with van der Waals surface area (Å²) in [7, 11) is 2.98. The fraction of sp³-hybridized carbons (Fsp3) is 0.179. The summed E-state index contributed by atoms with van der Waals surface area (Å²) >= 11 is 0.797. The van der Waals surface area contributed by atoms with Gasteiger partial charge < -0.3 is 18.9 Å². The lowest BCUT2D eigenvalue weighted by molar-refractivity contribution is -0.123. The van der Waals surface area contributed by atoms with Crippen molar-refractivity contribution in [2.75, 3.05) is 27.4 Å². The van der Waals surface area contributed by atoms with Crippen molar-refractivity contribution in [1.82, 2.24) is 4.90 Å². The van der Waals surface area contributed by atoms with Crippen LogP contribution >= 0.6 is 11.8 Å². The van der Waals surface area contributed by atoms with Crippen LogP contribution in [0.25, 0.3) is 6.08 Å². The molecule has 1 aliphatic heterocycles. The van der Waals surface area contributed by atoms with Gasteiger partial charge in [0, 0.05) is 11.1 Å². The van der Waals surface area contributed by atoms with Crippen molar-refractivity contribution < 1.29 is 37.7 Å². The van der Waals surface area contributed by atoms with E-state index in [0.717, 1.165) is 22.9 Å². The van der Waals surface area contributed by atoms with Gasteiger partial charge in [0.2, 0.25) is 0 Å². The van der Waals surface area contributed by atoms with Crippen molar-refractivity contribution in [1.29, 1.82) is 0 Å². The van der Waals surface area contributed by atoms with Gasteiger partial charge in [0.05, 0.1) is 25.7 Å². The minimum atomic E-state index is -0.490. The van der Waals surface area contributed by atoms with Crippen LogP contribution in [0.4, 0.5) is 9.18 Å². The molecule has 3 aromatic rings. The third-order valence-corrected chi connectivity index (χ3v) is 6.47. The Bertz CT molecular complexity index is 1390. The van der Waals surface area contributed by atoms with Crippen molar-refractivity contribution in [3.8, 4) is 23.0 Å². The predicted octanol–water partition coefficient (Wildman–Crippen LogP) is 5.35. The summed E-state index contributed by atoms with van der Waals surface area (Å²) in [5, 5.41) is -0.464. The third kappa shape index (κ3) is 6.15. The molecule has 196 valence electrons. The maximum Gasteiger partial charge on any atom is 0.293 e. The van der Waals surface area contributed by atoms with Crippen molar-refractivity contribution in [3.63, 3.8) is 0 Å². The number of imide groups is 1. The average Bonchev–Trinajstić information content (AvgIpc) is 3.19. The molecule has 0 aliphatic carbocycles. The lowest BCUT2D eigenvalue weighted by atomic mass is 10.1. The van der Waals surface area contributed by atoms with E-state index in [4.69, 9.17) is 18.9 Å². The van der Waals surface area contributed by atoms with Crippen molar-refractivity contribution >= 4 is 35.3 Å². The number of rotatable bonds is 11. The van der Waals surface area contributed by atoms with Crippen LogP contribution in [-0.4, -0.2) is 49.8 Å². The maximum atomic E-state index is 14.0. The molecule has 0 unspecified atom stereocenters. The predicted molar refractivity (Wildman–Crippen MR) is 140 cm³/mol. The minimum Gasteiger partial charge on any atom is -0.493 e. The Morgan fingerprint density at radius 3 is 2.05 bits per heavy atom. The standard InChI is InChI=1S/C28H24FNO7S/c1-34-24-13-18(15-26-27(32)30(28(33)38-26)16-20-5-3-4-6-21(20)29)7-9-22(24)36-11-12-37-23-10-8-19(17-31)14-25(23)35-2/h3-10,13-15,17H,11-12,16H2,1-2H3/b26-15-. The summed E-state index contributed by atoms with van der Waals surface area (Å²) in [6.07, 6.45) is 2.30. The molecule has 10 heteroatoms. The van der Waals surface area contributed by atoms with E-state index in [0.29, 0.717) is 34.1 Å². The van der Waals surface area contributed by atoms with Crippen molar-refractivity contribution in [3.05, 3.63) is 88.1 Å². The van der Waals surface area contributed by atoms with E-state index in [1.54, 1.807) is 54.6 Å². The Labute approximate surface area is 222 Å². The summed E-state index contributed by atoms with van der Waals surface area (Å²) in [4.78, 5) is 37.4. The number of amides is 2. The molecule has 1 aliphatic rings. The number of carbonyl (C=O) groups is 3. The zero-order valence-corrected chi connectivity index (χ0v) is 21.5. The van der Waals surface area contributed by atoms with E-state index in [2.05, 4.69) is 0 Å². The topological polar surface area (TPSA) is 91.4 Å². The molecule has 1 saturated heterocycles. The number of thioether (sulfide) groups is 1. The quantitative estimate of drug-likeness (QED) is 0.184. The van der Waals surface area contributed by atoms with Gasteiger partial charge in [-0.15, -0.1) is 0 Å². The van der Waals surface area contributed by atoms with E-state index in [1.807, 2.05) is 0 Å².